The second-order valence-corrected chi connectivity index (χ2v) is 4.19. The van der Waals surface area contributed by atoms with Crippen molar-refractivity contribution in [2.45, 2.75) is 18.5 Å². The van der Waals surface area contributed by atoms with Crippen LogP contribution in [0.1, 0.15) is 16.7 Å². The molecule has 10 heteroatoms. The van der Waals surface area contributed by atoms with Gasteiger partial charge in [0, 0.05) is 4.47 Å². The molecule has 0 atom stereocenters. The third kappa shape index (κ3) is 3.34. The molecule has 19 heavy (non-hydrogen) atoms. The van der Waals surface area contributed by atoms with E-state index in [1.54, 1.807) is 0 Å². The molecule has 0 aliphatic heterocycles. The number of hydrogen-bond acceptors (Lipinski definition) is 0. The van der Waals surface area contributed by atoms with E-state index in [-0.39, 0.29) is 12.1 Å². The lowest BCUT2D eigenvalue weighted by Gasteiger charge is -2.21. The van der Waals surface area contributed by atoms with E-state index in [1.165, 1.54) is 0 Å². The number of benzene rings is 1. The van der Waals surface area contributed by atoms with Gasteiger partial charge in [-0.1, -0.05) is 15.9 Å². The van der Waals surface area contributed by atoms with E-state index < -0.39 is 39.7 Å². The molecule has 0 saturated carbocycles. The van der Waals surface area contributed by atoms with Crippen molar-refractivity contribution in [1.29, 1.82) is 0 Å². The fraction of sp³-hybridized carbons (Fsp3) is 0.333. The van der Waals surface area contributed by atoms with Gasteiger partial charge in [-0.2, -0.15) is 39.5 Å². The molecule has 0 spiro atoms. The molecule has 0 unspecified atom stereocenters. The van der Waals surface area contributed by atoms with Crippen molar-refractivity contribution in [2.75, 3.05) is 0 Å². The summed E-state index contributed by atoms with van der Waals surface area (Å²) in [6.07, 6.45) is -16.9. The summed E-state index contributed by atoms with van der Waals surface area (Å²) in [6, 6.07) is 0.225. The van der Waals surface area contributed by atoms with Crippen LogP contribution in [0, 0.1) is 0 Å². The molecule has 0 bridgehead atoms. The fourth-order valence-corrected chi connectivity index (χ4v) is 1.94. The minimum atomic E-state index is -5.79. The first-order chi connectivity index (χ1) is 8.26. The summed E-state index contributed by atoms with van der Waals surface area (Å²) in [5, 5.41) is 0. The zero-order valence-corrected chi connectivity index (χ0v) is 10.0. The third-order valence-electron chi connectivity index (χ3n) is 2.03. The van der Waals surface area contributed by atoms with Crippen molar-refractivity contribution < 1.29 is 39.5 Å². The summed E-state index contributed by atoms with van der Waals surface area (Å²) >= 11 is 2.19. The van der Waals surface area contributed by atoms with Crippen LogP contribution in [0.2, 0.25) is 0 Å². The molecule has 0 nitrogen and oxygen atoms in total. The van der Waals surface area contributed by atoms with Gasteiger partial charge in [0.15, 0.2) is 0 Å². The fourth-order valence-electron chi connectivity index (χ4n) is 1.39. The van der Waals surface area contributed by atoms with Gasteiger partial charge in [-0.3, -0.25) is 0 Å². The molecule has 1 aromatic rings. The molecule has 0 N–H and O–H groups in total. The van der Waals surface area contributed by atoms with Crippen molar-refractivity contribution in [3.63, 3.8) is 0 Å². The van der Waals surface area contributed by atoms with Gasteiger partial charge in [0.25, 0.3) is 0 Å². The lowest BCUT2D eigenvalue weighted by molar-refractivity contribution is -0.175. The van der Waals surface area contributed by atoms with Crippen molar-refractivity contribution in [2.24, 2.45) is 0 Å². The Hall–Kier alpha value is -0.930. The molecule has 1 aromatic carbocycles. The van der Waals surface area contributed by atoms with Crippen LogP contribution in [0.5, 0.6) is 0 Å². The number of halogens is 10. The molecule has 0 amide bonds. The Morgan fingerprint density at radius 1 is 0.632 bits per heavy atom. The Bertz CT molecular complexity index is 480. The smallest absolute Gasteiger partial charge is 0.166 e. The van der Waals surface area contributed by atoms with Gasteiger partial charge >= 0.3 is 18.5 Å². The maximum atomic E-state index is 12.5. The van der Waals surface area contributed by atoms with Crippen LogP contribution in [-0.2, 0) is 18.5 Å². The van der Waals surface area contributed by atoms with Crippen LogP contribution in [0.4, 0.5) is 39.5 Å². The first-order valence-electron chi connectivity index (χ1n) is 4.30. The van der Waals surface area contributed by atoms with Gasteiger partial charge < -0.3 is 0 Å². The molecule has 1 rings (SSSR count). The normalized spacial score (nSPS) is 13.8. The highest BCUT2D eigenvalue weighted by Gasteiger charge is 2.50. The van der Waals surface area contributed by atoms with E-state index in [1.807, 2.05) is 0 Å². The lowest BCUT2D eigenvalue weighted by Crippen LogP contribution is -2.23. The summed E-state index contributed by atoms with van der Waals surface area (Å²) in [5.74, 6) is 0. The minimum absolute atomic E-state index is 0.0534. The lowest BCUT2D eigenvalue weighted by atomic mass is 9.99. The van der Waals surface area contributed by atoms with Crippen LogP contribution in [-0.4, -0.2) is 0 Å². The zero-order chi connectivity index (χ0) is 15.2. The SMILES string of the molecule is FC(F)(F)c1ccc(Br)c(C(F)(F)F)c1C(F)(F)F. The van der Waals surface area contributed by atoms with E-state index in [9.17, 15) is 39.5 Å². The van der Waals surface area contributed by atoms with Crippen molar-refractivity contribution in [3.8, 4) is 0 Å². The molecule has 0 aliphatic rings. The van der Waals surface area contributed by atoms with Crippen molar-refractivity contribution >= 4 is 15.9 Å². The molecule has 0 saturated heterocycles. The van der Waals surface area contributed by atoms with Gasteiger partial charge in [0.05, 0.1) is 16.7 Å². The van der Waals surface area contributed by atoms with Crippen LogP contribution < -0.4 is 0 Å². The summed E-state index contributed by atoms with van der Waals surface area (Å²) in [7, 11) is 0. The van der Waals surface area contributed by atoms with Crippen LogP contribution in [0.15, 0.2) is 16.6 Å². The highest BCUT2D eigenvalue weighted by Crippen LogP contribution is 2.48. The Labute approximate surface area is 108 Å². The van der Waals surface area contributed by atoms with Crippen LogP contribution >= 0.6 is 15.9 Å². The van der Waals surface area contributed by atoms with Gasteiger partial charge in [-0.15, -0.1) is 0 Å². The Balaban J connectivity index is 3.82. The van der Waals surface area contributed by atoms with Crippen molar-refractivity contribution in [1.82, 2.24) is 0 Å². The number of hydrogen-bond donors (Lipinski definition) is 0. The van der Waals surface area contributed by atoms with Gasteiger partial charge in [0.1, 0.15) is 0 Å². The van der Waals surface area contributed by atoms with E-state index in [4.69, 9.17) is 0 Å². The predicted molar refractivity (Wildman–Crippen MR) is 49.1 cm³/mol. The van der Waals surface area contributed by atoms with Gasteiger partial charge in [-0.05, 0) is 12.1 Å². The summed E-state index contributed by atoms with van der Waals surface area (Å²) in [5.41, 5.74) is -7.52. The van der Waals surface area contributed by atoms with Crippen LogP contribution in [0.3, 0.4) is 0 Å². The highest BCUT2D eigenvalue weighted by atomic mass is 79.9. The largest absolute Gasteiger partial charge is 0.418 e. The van der Waals surface area contributed by atoms with Gasteiger partial charge in [0.2, 0.25) is 0 Å². The standard InChI is InChI=1S/C9H2BrF9/c10-4-2-1-3(7(11,12)13)5(8(14,15)16)6(4)9(17,18)19/h1-2H. The molecule has 0 radical (unpaired) electrons. The number of alkyl halides is 9. The zero-order valence-electron chi connectivity index (χ0n) is 8.43. The third-order valence-corrected chi connectivity index (χ3v) is 2.69. The Kier molecular flexibility index (Phi) is 3.88. The van der Waals surface area contributed by atoms with Crippen molar-refractivity contribution in [3.05, 3.63) is 33.3 Å². The molecular formula is C9H2BrF9. The summed E-state index contributed by atoms with van der Waals surface area (Å²) in [6.45, 7) is 0. The first-order valence-corrected chi connectivity index (χ1v) is 5.09. The average molecular weight is 361 g/mol. The maximum absolute atomic E-state index is 12.5. The predicted octanol–water partition coefficient (Wildman–Crippen LogP) is 5.51. The van der Waals surface area contributed by atoms with E-state index in [2.05, 4.69) is 15.9 Å². The van der Waals surface area contributed by atoms with E-state index in [0.29, 0.717) is 0 Å². The highest BCUT2D eigenvalue weighted by molar-refractivity contribution is 9.10. The quantitative estimate of drug-likeness (QED) is 0.535. The first kappa shape index (κ1) is 16.1. The Morgan fingerprint density at radius 2 is 1.05 bits per heavy atom. The average Bonchev–Trinajstić information content (AvgIpc) is 2.11. The second-order valence-electron chi connectivity index (χ2n) is 3.34. The molecule has 0 aromatic heterocycles. The Morgan fingerprint density at radius 3 is 1.37 bits per heavy atom. The van der Waals surface area contributed by atoms with Gasteiger partial charge in [-0.25, -0.2) is 0 Å². The second kappa shape index (κ2) is 4.57. The molecule has 0 fully saturated rings. The summed E-state index contributed by atoms with van der Waals surface area (Å²) in [4.78, 5) is 0. The van der Waals surface area contributed by atoms with E-state index in [0.717, 1.165) is 0 Å². The topological polar surface area (TPSA) is 0 Å². The maximum Gasteiger partial charge on any atom is 0.418 e. The minimum Gasteiger partial charge on any atom is -0.166 e. The molecule has 108 valence electrons. The monoisotopic (exact) mass is 360 g/mol. The molecular weight excluding hydrogens is 359 g/mol. The van der Waals surface area contributed by atoms with E-state index >= 15 is 0 Å². The summed E-state index contributed by atoms with van der Waals surface area (Å²) < 4.78 is 111. The number of rotatable bonds is 0. The molecule has 0 heterocycles. The molecule has 0 aliphatic carbocycles. The van der Waals surface area contributed by atoms with Crippen LogP contribution in [0.25, 0.3) is 0 Å².